The van der Waals surface area contributed by atoms with Crippen molar-refractivity contribution in [3.05, 3.63) is 29.6 Å². The van der Waals surface area contributed by atoms with Crippen LogP contribution < -0.4 is 4.74 Å². The summed E-state index contributed by atoms with van der Waals surface area (Å²) in [5.74, 6) is -0.687. The lowest BCUT2D eigenvalue weighted by Crippen LogP contribution is -2.40. The van der Waals surface area contributed by atoms with E-state index in [0.29, 0.717) is 12.8 Å². The van der Waals surface area contributed by atoms with Crippen molar-refractivity contribution in [3.63, 3.8) is 0 Å². The summed E-state index contributed by atoms with van der Waals surface area (Å²) in [5, 5.41) is 9.71. The van der Waals surface area contributed by atoms with E-state index in [1.54, 1.807) is 6.07 Å². The van der Waals surface area contributed by atoms with Crippen molar-refractivity contribution >= 4 is 9.84 Å². The van der Waals surface area contributed by atoms with E-state index in [1.807, 2.05) is 0 Å². The van der Waals surface area contributed by atoms with Crippen molar-refractivity contribution in [2.75, 3.05) is 13.4 Å². The van der Waals surface area contributed by atoms with Crippen LogP contribution in [0.1, 0.15) is 24.8 Å². The Morgan fingerprint density at radius 2 is 2.16 bits per heavy atom. The highest BCUT2D eigenvalue weighted by atomic mass is 32.2. The van der Waals surface area contributed by atoms with Crippen LogP contribution >= 0.6 is 0 Å². The van der Waals surface area contributed by atoms with Crippen molar-refractivity contribution in [1.82, 2.24) is 0 Å². The van der Waals surface area contributed by atoms with E-state index in [9.17, 15) is 17.9 Å². The summed E-state index contributed by atoms with van der Waals surface area (Å²) < 4.78 is 42.7. The van der Waals surface area contributed by atoms with Gasteiger partial charge in [0.05, 0.1) is 12.4 Å². The predicted molar refractivity (Wildman–Crippen MR) is 69.3 cm³/mol. The average Bonchev–Trinajstić information content (AvgIpc) is 2.72. The maximum Gasteiger partial charge on any atom is 0.171 e. The third-order valence-corrected chi connectivity index (χ3v) is 5.38. The molecule has 1 N–H and O–H groups in total. The minimum absolute atomic E-state index is 0.000208. The second-order valence-corrected chi connectivity index (χ2v) is 7.18. The summed E-state index contributed by atoms with van der Waals surface area (Å²) in [6.07, 6.45) is 2.19. The van der Waals surface area contributed by atoms with Gasteiger partial charge < -0.3 is 9.84 Å². The summed E-state index contributed by atoms with van der Waals surface area (Å²) in [6.45, 7) is 0. The van der Waals surface area contributed by atoms with Gasteiger partial charge in [-0.1, -0.05) is 12.1 Å². The van der Waals surface area contributed by atoms with Gasteiger partial charge in [0, 0.05) is 11.8 Å². The Bertz CT molecular complexity index is 584. The number of sulfone groups is 1. The van der Waals surface area contributed by atoms with E-state index in [2.05, 4.69) is 0 Å². The normalized spacial score (nSPS) is 27.5. The number of benzene rings is 1. The molecule has 19 heavy (non-hydrogen) atoms. The van der Waals surface area contributed by atoms with Gasteiger partial charge in [0.25, 0.3) is 0 Å². The van der Waals surface area contributed by atoms with E-state index in [-0.39, 0.29) is 17.7 Å². The number of hydrogen-bond acceptors (Lipinski definition) is 4. The molecular formula is C13H17FO4S. The Balaban J connectivity index is 2.56. The van der Waals surface area contributed by atoms with Gasteiger partial charge in [0.1, 0.15) is 5.60 Å². The monoisotopic (exact) mass is 288 g/mol. The van der Waals surface area contributed by atoms with E-state index in [4.69, 9.17) is 4.74 Å². The number of hydrogen-bond donors (Lipinski definition) is 1. The smallest absolute Gasteiger partial charge is 0.171 e. The van der Waals surface area contributed by atoms with Crippen LogP contribution in [0.15, 0.2) is 18.2 Å². The van der Waals surface area contributed by atoms with Crippen molar-refractivity contribution in [2.45, 2.75) is 30.1 Å². The Hall–Kier alpha value is -1.14. The number of methoxy groups -OCH3 is 1. The first-order valence-electron chi connectivity index (χ1n) is 6.05. The van der Waals surface area contributed by atoms with Gasteiger partial charge in [0.2, 0.25) is 0 Å². The zero-order chi connectivity index (χ0) is 14.3. The molecule has 0 heterocycles. The fraction of sp³-hybridized carbons (Fsp3) is 0.538. The van der Waals surface area contributed by atoms with Crippen LogP contribution in [0.25, 0.3) is 0 Å². The molecule has 0 saturated heterocycles. The topological polar surface area (TPSA) is 63.6 Å². The van der Waals surface area contributed by atoms with Gasteiger partial charge in [-0.2, -0.15) is 0 Å². The molecule has 0 aliphatic heterocycles. The second kappa shape index (κ2) is 4.76. The highest BCUT2D eigenvalue weighted by Gasteiger charge is 2.49. The maximum atomic E-state index is 14.3. The average molecular weight is 288 g/mol. The molecule has 4 nitrogen and oxygen atoms in total. The number of ether oxygens (including phenoxy) is 1. The summed E-state index contributed by atoms with van der Waals surface area (Å²) in [5.41, 5.74) is -1.67. The first-order valence-corrected chi connectivity index (χ1v) is 8.00. The standard InChI is InChI=1S/C13H17FO4S/c1-18-10-6-3-5-9(12(10)14)13(15)8-4-7-11(13)19(2,16)17/h3,5-6,11,15H,4,7-8H2,1-2H3. The highest BCUT2D eigenvalue weighted by Crippen LogP contribution is 2.44. The molecule has 2 rings (SSSR count). The zero-order valence-corrected chi connectivity index (χ0v) is 11.7. The molecule has 0 spiro atoms. The highest BCUT2D eigenvalue weighted by molar-refractivity contribution is 7.91. The molecule has 1 aliphatic carbocycles. The molecule has 0 aromatic heterocycles. The van der Waals surface area contributed by atoms with Crippen LogP contribution in [0.5, 0.6) is 5.75 Å². The van der Waals surface area contributed by atoms with Crippen LogP contribution in [-0.4, -0.2) is 32.1 Å². The lowest BCUT2D eigenvalue weighted by atomic mass is 9.91. The van der Waals surface area contributed by atoms with Gasteiger partial charge in [-0.3, -0.25) is 0 Å². The molecule has 0 amide bonds. The minimum atomic E-state index is -3.45. The summed E-state index contributed by atoms with van der Waals surface area (Å²) >= 11 is 0. The fourth-order valence-electron chi connectivity index (χ4n) is 2.84. The van der Waals surface area contributed by atoms with Crippen LogP contribution in [0, 0.1) is 5.82 Å². The molecule has 106 valence electrons. The Labute approximate surface area is 112 Å². The van der Waals surface area contributed by atoms with Crippen molar-refractivity contribution in [1.29, 1.82) is 0 Å². The lowest BCUT2D eigenvalue weighted by Gasteiger charge is -2.30. The maximum absolute atomic E-state index is 14.3. The van der Waals surface area contributed by atoms with Crippen LogP contribution in [-0.2, 0) is 15.4 Å². The van der Waals surface area contributed by atoms with Gasteiger partial charge >= 0.3 is 0 Å². The molecule has 2 atom stereocenters. The summed E-state index contributed by atoms with van der Waals surface area (Å²) in [6, 6.07) is 4.40. The molecule has 1 aromatic carbocycles. The van der Waals surface area contributed by atoms with Crippen molar-refractivity contribution in [3.8, 4) is 5.75 Å². The van der Waals surface area contributed by atoms with Crippen molar-refractivity contribution in [2.24, 2.45) is 0 Å². The number of aliphatic hydroxyl groups is 1. The Morgan fingerprint density at radius 1 is 1.47 bits per heavy atom. The van der Waals surface area contributed by atoms with E-state index in [1.165, 1.54) is 19.2 Å². The van der Waals surface area contributed by atoms with E-state index < -0.39 is 26.5 Å². The first-order chi connectivity index (χ1) is 8.80. The van der Waals surface area contributed by atoms with Crippen LogP contribution in [0.2, 0.25) is 0 Å². The van der Waals surface area contributed by atoms with Gasteiger partial charge in [0.15, 0.2) is 21.4 Å². The SMILES string of the molecule is COc1cccc(C2(O)CCCC2S(C)(=O)=O)c1F. The fourth-order valence-corrected chi connectivity index (χ4v) is 4.38. The Morgan fingerprint density at radius 3 is 2.74 bits per heavy atom. The third kappa shape index (κ3) is 2.34. The Kier molecular flexibility index (Phi) is 3.57. The molecule has 1 aliphatic rings. The van der Waals surface area contributed by atoms with Gasteiger partial charge in [-0.25, -0.2) is 12.8 Å². The molecule has 6 heteroatoms. The molecule has 0 bridgehead atoms. The van der Waals surface area contributed by atoms with Gasteiger partial charge in [-0.05, 0) is 25.3 Å². The molecule has 2 unspecified atom stereocenters. The molecule has 1 saturated carbocycles. The molecule has 1 aromatic rings. The van der Waals surface area contributed by atoms with Crippen LogP contribution in [0.3, 0.4) is 0 Å². The van der Waals surface area contributed by atoms with E-state index in [0.717, 1.165) is 6.26 Å². The molecule has 0 radical (unpaired) electrons. The molecular weight excluding hydrogens is 271 g/mol. The van der Waals surface area contributed by atoms with Gasteiger partial charge in [-0.15, -0.1) is 0 Å². The first kappa shape index (κ1) is 14.3. The lowest BCUT2D eigenvalue weighted by molar-refractivity contribution is 0.0435. The zero-order valence-electron chi connectivity index (χ0n) is 10.9. The van der Waals surface area contributed by atoms with E-state index >= 15 is 0 Å². The number of rotatable bonds is 3. The number of halogens is 1. The third-order valence-electron chi connectivity index (χ3n) is 3.72. The molecule has 1 fully saturated rings. The predicted octanol–water partition coefficient (Wildman–Crippen LogP) is 1.62. The largest absolute Gasteiger partial charge is 0.494 e. The summed E-state index contributed by atoms with van der Waals surface area (Å²) in [7, 11) is -2.12. The van der Waals surface area contributed by atoms with Crippen molar-refractivity contribution < 1.29 is 22.7 Å². The van der Waals surface area contributed by atoms with Crippen LogP contribution in [0.4, 0.5) is 4.39 Å². The minimum Gasteiger partial charge on any atom is -0.494 e. The quantitative estimate of drug-likeness (QED) is 0.918. The summed E-state index contributed by atoms with van der Waals surface area (Å²) in [4.78, 5) is 0. The second-order valence-electron chi connectivity index (χ2n) is 4.96.